The molecule has 2 aliphatic rings. The molecule has 0 aliphatic carbocycles. The molecule has 0 saturated carbocycles. The standard InChI is InChI=1S/C28H26BrN3O5/c1-2-37-15-13-19-16-20(29)9-10-21(19)26(34)30-14-4-3-6-18-7-5-8-22-23(18)17-32(28(22)36)24-11-12-25(33)31-27(24)35/h5,7-10,13,15-16,24H,2,4,11-12,14,17H2,1H3,(H,30,34)(H,31,33,35)/b15-13+. The fourth-order valence-electron chi connectivity index (χ4n) is 4.29. The van der Waals surface area contributed by atoms with Gasteiger partial charge in [-0.15, -0.1) is 0 Å². The van der Waals surface area contributed by atoms with E-state index in [0.717, 1.165) is 15.6 Å². The molecule has 1 fully saturated rings. The van der Waals surface area contributed by atoms with Crippen molar-refractivity contribution in [3.8, 4) is 11.8 Å². The van der Waals surface area contributed by atoms with Gasteiger partial charge in [-0.05, 0) is 60.9 Å². The number of nitrogens with zero attached hydrogens (tertiary/aromatic N) is 1. The summed E-state index contributed by atoms with van der Waals surface area (Å²) in [5, 5.41) is 5.20. The molecular formula is C28H26BrN3O5. The summed E-state index contributed by atoms with van der Waals surface area (Å²) in [7, 11) is 0. The summed E-state index contributed by atoms with van der Waals surface area (Å²) in [6, 6.07) is 10.1. The summed E-state index contributed by atoms with van der Waals surface area (Å²) < 4.78 is 6.11. The number of ether oxygens (including phenoxy) is 1. The van der Waals surface area contributed by atoms with Gasteiger partial charge in [-0.25, -0.2) is 0 Å². The number of imide groups is 1. The van der Waals surface area contributed by atoms with Gasteiger partial charge in [0.2, 0.25) is 11.8 Å². The van der Waals surface area contributed by atoms with Gasteiger partial charge < -0.3 is 15.0 Å². The van der Waals surface area contributed by atoms with Crippen LogP contribution in [0.1, 0.15) is 63.6 Å². The highest BCUT2D eigenvalue weighted by Gasteiger charge is 2.39. The molecule has 2 N–H and O–H groups in total. The second-order valence-electron chi connectivity index (χ2n) is 8.53. The second-order valence-corrected chi connectivity index (χ2v) is 9.44. The van der Waals surface area contributed by atoms with Gasteiger partial charge in [-0.2, -0.15) is 0 Å². The molecule has 1 atom stereocenters. The van der Waals surface area contributed by atoms with Crippen molar-refractivity contribution in [1.29, 1.82) is 0 Å². The van der Waals surface area contributed by atoms with Crippen LogP contribution in [-0.2, 0) is 20.9 Å². The largest absolute Gasteiger partial charge is 0.501 e. The van der Waals surface area contributed by atoms with Crippen molar-refractivity contribution in [2.24, 2.45) is 0 Å². The van der Waals surface area contributed by atoms with E-state index in [0.29, 0.717) is 42.7 Å². The Bertz CT molecular complexity index is 1340. The number of carbonyl (C=O) groups excluding carboxylic acids is 4. The number of benzene rings is 2. The van der Waals surface area contributed by atoms with Crippen LogP contribution in [0.4, 0.5) is 0 Å². The summed E-state index contributed by atoms with van der Waals surface area (Å²) in [5.41, 5.74) is 3.27. The Morgan fingerprint density at radius 2 is 2.11 bits per heavy atom. The highest BCUT2D eigenvalue weighted by molar-refractivity contribution is 9.10. The summed E-state index contributed by atoms with van der Waals surface area (Å²) in [5.74, 6) is 4.97. The topological polar surface area (TPSA) is 105 Å². The molecule has 1 unspecified atom stereocenters. The van der Waals surface area contributed by atoms with Crippen molar-refractivity contribution in [3.05, 3.63) is 75.0 Å². The Morgan fingerprint density at radius 1 is 1.27 bits per heavy atom. The first kappa shape index (κ1) is 26.2. The fourth-order valence-corrected chi connectivity index (χ4v) is 4.67. The summed E-state index contributed by atoms with van der Waals surface area (Å²) in [4.78, 5) is 50.9. The second kappa shape index (κ2) is 11.9. The van der Waals surface area contributed by atoms with Crippen LogP contribution in [0.3, 0.4) is 0 Å². The van der Waals surface area contributed by atoms with Gasteiger partial charge in [-0.3, -0.25) is 24.5 Å². The van der Waals surface area contributed by atoms with Crippen LogP contribution in [0.15, 0.2) is 47.1 Å². The van der Waals surface area contributed by atoms with E-state index in [1.165, 1.54) is 4.90 Å². The molecule has 4 amide bonds. The zero-order chi connectivity index (χ0) is 26.4. The highest BCUT2D eigenvalue weighted by Crippen LogP contribution is 2.29. The maximum absolute atomic E-state index is 12.9. The third-order valence-electron chi connectivity index (χ3n) is 6.11. The van der Waals surface area contributed by atoms with E-state index < -0.39 is 11.9 Å². The van der Waals surface area contributed by atoms with Crippen LogP contribution >= 0.6 is 15.9 Å². The lowest BCUT2D eigenvalue weighted by Crippen LogP contribution is -2.52. The van der Waals surface area contributed by atoms with E-state index in [1.54, 1.807) is 30.5 Å². The van der Waals surface area contributed by atoms with Gasteiger partial charge in [0.1, 0.15) is 6.04 Å². The van der Waals surface area contributed by atoms with E-state index in [-0.39, 0.29) is 30.7 Å². The lowest BCUT2D eigenvalue weighted by Gasteiger charge is -2.29. The average molecular weight is 564 g/mol. The first-order chi connectivity index (χ1) is 17.9. The van der Waals surface area contributed by atoms with E-state index in [2.05, 4.69) is 38.4 Å². The number of rotatable bonds is 7. The van der Waals surface area contributed by atoms with Crippen molar-refractivity contribution in [1.82, 2.24) is 15.5 Å². The van der Waals surface area contributed by atoms with Crippen LogP contribution < -0.4 is 10.6 Å². The maximum Gasteiger partial charge on any atom is 0.255 e. The smallest absolute Gasteiger partial charge is 0.255 e. The lowest BCUT2D eigenvalue weighted by molar-refractivity contribution is -0.136. The molecule has 0 aromatic heterocycles. The quantitative estimate of drug-likeness (QED) is 0.232. The number of carbonyl (C=O) groups is 4. The van der Waals surface area contributed by atoms with Crippen LogP contribution in [0, 0.1) is 11.8 Å². The molecule has 9 heteroatoms. The number of hydrogen-bond acceptors (Lipinski definition) is 5. The van der Waals surface area contributed by atoms with Gasteiger partial charge in [0.05, 0.1) is 12.9 Å². The lowest BCUT2D eigenvalue weighted by atomic mass is 10.0. The van der Waals surface area contributed by atoms with Crippen LogP contribution in [0.2, 0.25) is 0 Å². The Hall–Kier alpha value is -3.90. The first-order valence-corrected chi connectivity index (χ1v) is 12.8. The molecule has 2 heterocycles. The molecule has 0 bridgehead atoms. The van der Waals surface area contributed by atoms with Crippen LogP contribution in [0.25, 0.3) is 6.08 Å². The molecule has 4 rings (SSSR count). The molecule has 190 valence electrons. The molecule has 8 nitrogen and oxygen atoms in total. The number of amides is 4. The van der Waals surface area contributed by atoms with Crippen molar-refractivity contribution >= 4 is 45.6 Å². The zero-order valence-electron chi connectivity index (χ0n) is 20.3. The minimum atomic E-state index is -0.666. The monoisotopic (exact) mass is 563 g/mol. The van der Waals surface area contributed by atoms with Gasteiger partial charge >= 0.3 is 0 Å². The summed E-state index contributed by atoms with van der Waals surface area (Å²) >= 11 is 3.42. The predicted molar refractivity (Wildman–Crippen MR) is 141 cm³/mol. The molecule has 1 saturated heterocycles. The molecule has 2 aromatic carbocycles. The number of halogens is 1. The van der Waals surface area contributed by atoms with E-state index in [4.69, 9.17) is 4.74 Å². The number of hydrogen-bond donors (Lipinski definition) is 2. The number of fused-ring (bicyclic) bond motifs is 1. The predicted octanol–water partition coefficient (Wildman–Crippen LogP) is 3.39. The molecule has 37 heavy (non-hydrogen) atoms. The maximum atomic E-state index is 12.9. The van der Waals surface area contributed by atoms with Crippen molar-refractivity contribution < 1.29 is 23.9 Å². The van der Waals surface area contributed by atoms with Gasteiger partial charge in [0.25, 0.3) is 11.8 Å². The van der Waals surface area contributed by atoms with Crippen LogP contribution in [-0.4, -0.2) is 47.7 Å². The Labute approximate surface area is 223 Å². The zero-order valence-corrected chi connectivity index (χ0v) is 21.9. The average Bonchev–Trinajstić information content (AvgIpc) is 3.21. The fraction of sp³-hybridized carbons (Fsp3) is 0.286. The normalized spacial score (nSPS) is 16.8. The molecule has 2 aliphatic heterocycles. The third-order valence-corrected chi connectivity index (χ3v) is 6.60. The minimum absolute atomic E-state index is 0.208. The van der Waals surface area contributed by atoms with Gasteiger partial charge in [-0.1, -0.05) is 33.8 Å². The van der Waals surface area contributed by atoms with Crippen molar-refractivity contribution in [3.63, 3.8) is 0 Å². The molecule has 0 radical (unpaired) electrons. The summed E-state index contributed by atoms with van der Waals surface area (Å²) in [6.07, 6.45) is 4.25. The van der Waals surface area contributed by atoms with Gasteiger partial charge in [0, 0.05) is 47.1 Å². The SMILES string of the molecule is CCO/C=C/c1cc(Br)ccc1C(=O)NCCC#Cc1cccc2c1CN(C1CCC(=O)NC1=O)C2=O. The third kappa shape index (κ3) is 6.09. The summed E-state index contributed by atoms with van der Waals surface area (Å²) in [6.45, 7) is 3.05. The molecule has 2 aromatic rings. The Kier molecular flexibility index (Phi) is 8.41. The Morgan fingerprint density at radius 3 is 2.89 bits per heavy atom. The number of piperidine rings is 1. The van der Waals surface area contributed by atoms with Crippen molar-refractivity contribution in [2.45, 2.75) is 38.8 Å². The molecular weight excluding hydrogens is 538 g/mol. The van der Waals surface area contributed by atoms with Crippen LogP contribution in [0.5, 0.6) is 0 Å². The highest BCUT2D eigenvalue weighted by atomic mass is 79.9. The van der Waals surface area contributed by atoms with Gasteiger partial charge in [0.15, 0.2) is 0 Å². The molecule has 0 spiro atoms. The minimum Gasteiger partial charge on any atom is -0.501 e. The first-order valence-electron chi connectivity index (χ1n) is 12.0. The van der Waals surface area contributed by atoms with Crippen molar-refractivity contribution in [2.75, 3.05) is 13.2 Å². The van der Waals surface area contributed by atoms with E-state index >= 15 is 0 Å². The number of nitrogens with one attached hydrogen (secondary N) is 2. The Balaban J connectivity index is 1.38. The van der Waals surface area contributed by atoms with E-state index in [1.807, 2.05) is 25.1 Å². The van der Waals surface area contributed by atoms with E-state index in [9.17, 15) is 19.2 Å².